The van der Waals surface area contributed by atoms with Gasteiger partial charge in [0.2, 0.25) is 0 Å². The molecule has 0 aliphatic heterocycles. The minimum atomic E-state index is 0.514. The van der Waals surface area contributed by atoms with Crippen molar-refractivity contribution in [3.05, 3.63) is 0 Å². The molecule has 0 bridgehead atoms. The number of nitrogens with two attached hydrogens (primary N) is 1. The van der Waals surface area contributed by atoms with Crippen LogP contribution in [0.2, 0.25) is 0 Å². The average molecular weight is 216 g/mol. The quantitative estimate of drug-likeness (QED) is 0.639. The topological polar surface area (TPSA) is 38.5 Å². The monoisotopic (exact) mass is 216 g/mol. The smallest absolute Gasteiger partial charge is 0.0618 e. The Hall–Kier alpha value is -0.120. The zero-order valence-electron chi connectivity index (χ0n) is 10.8. The van der Waals surface area contributed by atoms with Crippen LogP contribution in [0.1, 0.15) is 39.5 Å². The molecule has 0 aromatic rings. The summed E-state index contributed by atoms with van der Waals surface area (Å²) in [6, 6.07) is 1.15. The summed E-state index contributed by atoms with van der Waals surface area (Å²) in [7, 11) is 3.97. The predicted molar refractivity (Wildman–Crippen MR) is 66.1 cm³/mol. The number of nitrogens with zero attached hydrogens (tertiary/aromatic N) is 1. The number of methoxy groups -OCH3 is 1. The van der Waals surface area contributed by atoms with Gasteiger partial charge in [-0.2, -0.15) is 0 Å². The van der Waals surface area contributed by atoms with E-state index in [4.69, 9.17) is 10.5 Å². The molecule has 2 atom stereocenters. The van der Waals surface area contributed by atoms with Crippen molar-refractivity contribution in [2.24, 2.45) is 5.73 Å². The normalized spacial score (nSPS) is 15.6. The molecular formula is C12H28N2O. The average Bonchev–Trinajstić information content (AvgIpc) is 2.23. The summed E-state index contributed by atoms with van der Waals surface area (Å²) in [5.41, 5.74) is 5.55. The van der Waals surface area contributed by atoms with Gasteiger partial charge in [0.15, 0.2) is 0 Å². The summed E-state index contributed by atoms with van der Waals surface area (Å²) in [6.45, 7) is 6.10. The third-order valence-corrected chi connectivity index (χ3v) is 3.08. The van der Waals surface area contributed by atoms with Crippen LogP contribution in [0.3, 0.4) is 0 Å². The van der Waals surface area contributed by atoms with Gasteiger partial charge in [-0.25, -0.2) is 0 Å². The fourth-order valence-corrected chi connectivity index (χ4v) is 1.93. The van der Waals surface area contributed by atoms with E-state index in [0.717, 1.165) is 26.0 Å². The van der Waals surface area contributed by atoms with Crippen molar-refractivity contribution in [3.8, 4) is 0 Å². The molecular weight excluding hydrogens is 188 g/mol. The van der Waals surface area contributed by atoms with Crippen LogP contribution in [-0.2, 0) is 4.74 Å². The number of hydrogen-bond donors (Lipinski definition) is 1. The maximum Gasteiger partial charge on any atom is 0.0618 e. The molecule has 2 N–H and O–H groups in total. The van der Waals surface area contributed by atoms with Crippen LogP contribution in [0.25, 0.3) is 0 Å². The van der Waals surface area contributed by atoms with Crippen LogP contribution in [0.4, 0.5) is 0 Å². The van der Waals surface area contributed by atoms with E-state index in [0.29, 0.717) is 12.1 Å². The second kappa shape index (κ2) is 9.13. The highest BCUT2D eigenvalue weighted by Gasteiger charge is 2.18. The summed E-state index contributed by atoms with van der Waals surface area (Å²) in [5.74, 6) is 0. The minimum Gasteiger partial charge on any atom is -0.383 e. The van der Waals surface area contributed by atoms with Crippen molar-refractivity contribution >= 4 is 0 Å². The number of hydrogen-bond acceptors (Lipinski definition) is 3. The SMILES string of the molecule is CCCC(C)N(C)C(CCCN)COC. The molecule has 0 spiro atoms. The van der Waals surface area contributed by atoms with Gasteiger partial charge in [-0.05, 0) is 39.8 Å². The molecule has 0 aromatic carbocycles. The van der Waals surface area contributed by atoms with Crippen molar-refractivity contribution in [3.63, 3.8) is 0 Å². The first kappa shape index (κ1) is 14.9. The zero-order chi connectivity index (χ0) is 11.7. The molecule has 0 aliphatic rings. The highest BCUT2D eigenvalue weighted by molar-refractivity contribution is 4.73. The molecule has 2 unspecified atom stereocenters. The van der Waals surface area contributed by atoms with E-state index >= 15 is 0 Å². The van der Waals surface area contributed by atoms with Gasteiger partial charge in [0.05, 0.1) is 6.61 Å². The van der Waals surface area contributed by atoms with Gasteiger partial charge in [-0.15, -0.1) is 0 Å². The van der Waals surface area contributed by atoms with Crippen molar-refractivity contribution in [1.29, 1.82) is 0 Å². The van der Waals surface area contributed by atoms with Crippen LogP contribution in [-0.4, -0.2) is 44.3 Å². The van der Waals surface area contributed by atoms with Crippen molar-refractivity contribution in [2.45, 2.75) is 51.6 Å². The lowest BCUT2D eigenvalue weighted by Gasteiger charge is -2.32. The molecule has 0 aromatic heterocycles. The Balaban J connectivity index is 4.06. The first-order valence-electron chi connectivity index (χ1n) is 6.08. The summed E-state index contributed by atoms with van der Waals surface area (Å²) in [6.07, 6.45) is 4.70. The number of likely N-dealkylation sites (N-methyl/N-ethyl adjacent to an activating group) is 1. The Bertz CT molecular complexity index is 142. The van der Waals surface area contributed by atoms with E-state index in [1.165, 1.54) is 12.8 Å². The van der Waals surface area contributed by atoms with Gasteiger partial charge in [0, 0.05) is 19.2 Å². The highest BCUT2D eigenvalue weighted by atomic mass is 16.5. The van der Waals surface area contributed by atoms with Crippen molar-refractivity contribution in [2.75, 3.05) is 27.3 Å². The third kappa shape index (κ3) is 6.13. The van der Waals surface area contributed by atoms with Crippen LogP contribution >= 0.6 is 0 Å². The molecule has 0 rings (SSSR count). The van der Waals surface area contributed by atoms with Gasteiger partial charge in [0.25, 0.3) is 0 Å². The Kier molecular flexibility index (Phi) is 9.06. The molecule has 0 saturated heterocycles. The van der Waals surface area contributed by atoms with E-state index in [1.54, 1.807) is 7.11 Å². The van der Waals surface area contributed by atoms with E-state index in [1.807, 2.05) is 0 Å². The lowest BCUT2D eigenvalue weighted by Crippen LogP contribution is -2.41. The van der Waals surface area contributed by atoms with E-state index < -0.39 is 0 Å². The first-order chi connectivity index (χ1) is 7.17. The Labute approximate surface area is 95.0 Å². The number of ether oxygens (including phenoxy) is 1. The molecule has 3 nitrogen and oxygen atoms in total. The van der Waals surface area contributed by atoms with Crippen LogP contribution in [0.5, 0.6) is 0 Å². The molecule has 0 saturated carbocycles. The number of rotatable bonds is 9. The fourth-order valence-electron chi connectivity index (χ4n) is 1.93. The summed E-state index contributed by atoms with van der Waals surface area (Å²) in [5, 5.41) is 0. The molecule has 0 heterocycles. The fraction of sp³-hybridized carbons (Fsp3) is 1.00. The largest absolute Gasteiger partial charge is 0.383 e. The molecule has 0 fully saturated rings. The van der Waals surface area contributed by atoms with Crippen LogP contribution in [0, 0.1) is 0 Å². The molecule has 0 radical (unpaired) electrons. The standard InChI is InChI=1S/C12H28N2O/c1-5-7-11(2)14(3)12(10-15-4)8-6-9-13/h11-12H,5-10,13H2,1-4H3. The minimum absolute atomic E-state index is 0.514. The van der Waals surface area contributed by atoms with Crippen LogP contribution in [0.15, 0.2) is 0 Å². The van der Waals surface area contributed by atoms with Crippen molar-refractivity contribution < 1.29 is 4.74 Å². The second-order valence-electron chi connectivity index (χ2n) is 4.34. The lowest BCUT2D eigenvalue weighted by molar-refractivity contribution is 0.0760. The van der Waals surface area contributed by atoms with Crippen molar-refractivity contribution in [1.82, 2.24) is 4.90 Å². The Morgan fingerprint density at radius 1 is 1.33 bits per heavy atom. The Morgan fingerprint density at radius 2 is 2.00 bits per heavy atom. The highest BCUT2D eigenvalue weighted by Crippen LogP contribution is 2.12. The lowest BCUT2D eigenvalue weighted by atomic mass is 10.1. The Morgan fingerprint density at radius 3 is 2.47 bits per heavy atom. The van der Waals surface area contributed by atoms with E-state index in [2.05, 4.69) is 25.8 Å². The maximum atomic E-state index is 5.55. The van der Waals surface area contributed by atoms with Gasteiger partial charge in [0.1, 0.15) is 0 Å². The van der Waals surface area contributed by atoms with Gasteiger partial charge >= 0.3 is 0 Å². The summed E-state index contributed by atoms with van der Waals surface area (Å²) >= 11 is 0. The van der Waals surface area contributed by atoms with E-state index in [-0.39, 0.29) is 0 Å². The van der Waals surface area contributed by atoms with E-state index in [9.17, 15) is 0 Å². The molecule has 0 amide bonds. The van der Waals surface area contributed by atoms with Gasteiger partial charge in [-0.1, -0.05) is 13.3 Å². The molecule has 15 heavy (non-hydrogen) atoms. The summed E-state index contributed by atoms with van der Waals surface area (Å²) in [4.78, 5) is 2.43. The summed E-state index contributed by atoms with van der Waals surface area (Å²) < 4.78 is 5.27. The second-order valence-corrected chi connectivity index (χ2v) is 4.34. The zero-order valence-corrected chi connectivity index (χ0v) is 10.8. The molecule has 3 heteroatoms. The predicted octanol–water partition coefficient (Wildman–Crippen LogP) is 1.86. The third-order valence-electron chi connectivity index (χ3n) is 3.08. The van der Waals surface area contributed by atoms with Crippen LogP contribution < -0.4 is 5.73 Å². The molecule has 92 valence electrons. The maximum absolute atomic E-state index is 5.55. The van der Waals surface area contributed by atoms with Gasteiger partial charge in [-0.3, -0.25) is 4.90 Å². The first-order valence-corrected chi connectivity index (χ1v) is 6.08. The van der Waals surface area contributed by atoms with Gasteiger partial charge < -0.3 is 10.5 Å². The molecule has 0 aliphatic carbocycles.